The summed E-state index contributed by atoms with van der Waals surface area (Å²) >= 11 is 0. The van der Waals surface area contributed by atoms with E-state index in [4.69, 9.17) is 14.0 Å². The second kappa shape index (κ2) is 8.74. The normalized spacial score (nSPS) is 15.8. The molecule has 1 aliphatic rings. The van der Waals surface area contributed by atoms with Gasteiger partial charge in [-0.2, -0.15) is 5.10 Å². The second-order valence-electron chi connectivity index (χ2n) is 9.00. The summed E-state index contributed by atoms with van der Waals surface area (Å²) in [7, 11) is 0. The zero-order valence-electron chi connectivity index (χ0n) is 20.6. The summed E-state index contributed by atoms with van der Waals surface area (Å²) in [4.78, 5) is 33.6. The quantitative estimate of drug-likeness (QED) is 0.401. The smallest absolute Gasteiger partial charge is 0.259 e. The number of fused-ring (bicyclic) bond motifs is 1. The first-order valence-electron chi connectivity index (χ1n) is 11.9. The maximum absolute atomic E-state index is 14.2. The molecule has 5 aromatic rings. The minimum absolute atomic E-state index is 0.233. The molecule has 1 fully saturated rings. The Morgan fingerprint density at radius 2 is 1.89 bits per heavy atom. The topological polar surface area (TPSA) is 119 Å². The van der Waals surface area contributed by atoms with Crippen LogP contribution in [0.15, 0.2) is 63.7 Å². The molecule has 0 spiro atoms. The van der Waals surface area contributed by atoms with Crippen molar-refractivity contribution < 1.29 is 18.5 Å². The standard InChI is InChI=1S/C27H24N6O4/c1-15-22(17(3)33(30-15)18-8-5-4-6-9-18)24-25(34)28-11-12-32(24)27(35)19-14-20(21-10-7-13-36-21)29-26-23(19)16(2)31-37-26/h4-10,13-14,24H,11-12H2,1-3H3,(H,28,34). The van der Waals surface area contributed by atoms with E-state index in [1.54, 1.807) is 34.7 Å². The monoisotopic (exact) mass is 496 g/mol. The molecule has 10 heteroatoms. The third kappa shape index (κ3) is 3.68. The van der Waals surface area contributed by atoms with E-state index >= 15 is 0 Å². The molecule has 0 saturated carbocycles. The van der Waals surface area contributed by atoms with Crippen molar-refractivity contribution in [2.75, 3.05) is 13.1 Å². The van der Waals surface area contributed by atoms with Crippen molar-refractivity contribution in [1.82, 2.24) is 30.1 Å². The molecule has 0 radical (unpaired) electrons. The molecule has 5 heterocycles. The minimum atomic E-state index is -0.853. The number of rotatable bonds is 4. The second-order valence-corrected chi connectivity index (χ2v) is 9.00. The Hall–Kier alpha value is -4.73. The van der Waals surface area contributed by atoms with E-state index in [0.29, 0.717) is 52.4 Å². The van der Waals surface area contributed by atoms with Crippen LogP contribution in [0.2, 0.25) is 0 Å². The fraction of sp³-hybridized carbons (Fsp3) is 0.222. The Morgan fingerprint density at radius 3 is 2.65 bits per heavy atom. The van der Waals surface area contributed by atoms with Crippen molar-refractivity contribution in [2.45, 2.75) is 26.8 Å². The number of hydrogen-bond donors (Lipinski definition) is 1. The van der Waals surface area contributed by atoms with E-state index in [9.17, 15) is 9.59 Å². The number of furan rings is 1. The molecule has 2 amide bonds. The summed E-state index contributed by atoms with van der Waals surface area (Å²) in [5.41, 5.74) is 4.62. The highest BCUT2D eigenvalue weighted by Gasteiger charge is 2.39. The number of aryl methyl sites for hydroxylation is 2. The third-order valence-corrected chi connectivity index (χ3v) is 6.72. The zero-order chi connectivity index (χ0) is 25.7. The van der Waals surface area contributed by atoms with Gasteiger partial charge in [0, 0.05) is 24.3 Å². The number of benzene rings is 1. The van der Waals surface area contributed by atoms with Gasteiger partial charge in [0.05, 0.1) is 34.3 Å². The van der Waals surface area contributed by atoms with Gasteiger partial charge in [-0.25, -0.2) is 9.67 Å². The molecule has 1 N–H and O–H groups in total. The summed E-state index contributed by atoms with van der Waals surface area (Å²) in [6.45, 7) is 6.20. The average Bonchev–Trinajstić information content (AvgIpc) is 3.64. The number of piperazine rings is 1. The van der Waals surface area contributed by atoms with Crippen LogP contribution in [0.3, 0.4) is 0 Å². The van der Waals surface area contributed by atoms with Gasteiger partial charge in [0.1, 0.15) is 11.7 Å². The van der Waals surface area contributed by atoms with Gasteiger partial charge in [0.25, 0.3) is 11.6 Å². The highest BCUT2D eigenvalue weighted by Crippen LogP contribution is 2.34. The van der Waals surface area contributed by atoms with Crippen molar-refractivity contribution in [3.63, 3.8) is 0 Å². The lowest BCUT2D eigenvalue weighted by Crippen LogP contribution is -2.52. The van der Waals surface area contributed by atoms with E-state index in [1.807, 2.05) is 44.2 Å². The van der Waals surface area contributed by atoms with E-state index in [0.717, 1.165) is 11.4 Å². The van der Waals surface area contributed by atoms with Gasteiger partial charge in [0.2, 0.25) is 5.91 Å². The van der Waals surface area contributed by atoms with Crippen molar-refractivity contribution in [3.8, 4) is 17.1 Å². The summed E-state index contributed by atoms with van der Waals surface area (Å²) in [6.07, 6.45) is 1.54. The van der Waals surface area contributed by atoms with Crippen molar-refractivity contribution in [1.29, 1.82) is 0 Å². The maximum Gasteiger partial charge on any atom is 0.259 e. The SMILES string of the molecule is Cc1nn(-c2ccccc2)c(C)c1C1C(=O)NCCN1C(=O)c1cc(-c2ccco2)nc2onc(C)c12. The van der Waals surface area contributed by atoms with Gasteiger partial charge in [-0.3, -0.25) is 9.59 Å². The Morgan fingerprint density at radius 1 is 1.08 bits per heavy atom. The van der Waals surface area contributed by atoms with Crippen LogP contribution in [0.1, 0.15) is 39.0 Å². The van der Waals surface area contributed by atoms with Crippen molar-refractivity contribution in [2.24, 2.45) is 0 Å². The summed E-state index contributed by atoms with van der Waals surface area (Å²) < 4.78 is 12.7. The van der Waals surface area contributed by atoms with Gasteiger partial charge < -0.3 is 19.2 Å². The van der Waals surface area contributed by atoms with E-state index in [-0.39, 0.29) is 17.5 Å². The van der Waals surface area contributed by atoms with Crippen LogP contribution >= 0.6 is 0 Å². The number of carbonyl (C=O) groups is 2. The lowest BCUT2D eigenvalue weighted by molar-refractivity contribution is -0.128. The molecule has 1 unspecified atom stereocenters. The van der Waals surface area contributed by atoms with Crippen molar-refractivity contribution >= 4 is 22.9 Å². The molecule has 0 aliphatic carbocycles. The largest absolute Gasteiger partial charge is 0.463 e. The van der Waals surface area contributed by atoms with Crippen LogP contribution in [0.25, 0.3) is 28.2 Å². The van der Waals surface area contributed by atoms with E-state index in [2.05, 4.69) is 15.5 Å². The molecule has 10 nitrogen and oxygen atoms in total. The minimum Gasteiger partial charge on any atom is -0.463 e. The molecule has 1 aliphatic heterocycles. The summed E-state index contributed by atoms with van der Waals surface area (Å²) in [5.74, 6) is -0.0802. The number of pyridine rings is 1. The fourth-order valence-electron chi connectivity index (χ4n) is 5.01. The molecule has 37 heavy (non-hydrogen) atoms. The number of nitrogens with zero attached hydrogens (tertiary/aromatic N) is 5. The van der Waals surface area contributed by atoms with E-state index in [1.165, 1.54) is 6.26 Å². The van der Waals surface area contributed by atoms with Crippen LogP contribution in [0.5, 0.6) is 0 Å². The van der Waals surface area contributed by atoms with Gasteiger partial charge >= 0.3 is 0 Å². The highest BCUT2D eigenvalue weighted by molar-refractivity contribution is 6.08. The molecule has 1 saturated heterocycles. The molecular weight excluding hydrogens is 472 g/mol. The van der Waals surface area contributed by atoms with Gasteiger partial charge in [-0.15, -0.1) is 0 Å². The summed E-state index contributed by atoms with van der Waals surface area (Å²) in [6, 6.07) is 14.0. The van der Waals surface area contributed by atoms with Crippen LogP contribution in [-0.4, -0.2) is 49.7 Å². The highest BCUT2D eigenvalue weighted by atomic mass is 16.5. The predicted molar refractivity (Wildman–Crippen MR) is 134 cm³/mol. The van der Waals surface area contributed by atoms with Crippen molar-refractivity contribution in [3.05, 3.63) is 83.0 Å². The number of carbonyl (C=O) groups excluding carboxylic acids is 2. The molecule has 1 aromatic carbocycles. The van der Waals surface area contributed by atoms with Crippen LogP contribution < -0.4 is 5.32 Å². The fourth-order valence-corrected chi connectivity index (χ4v) is 5.01. The number of amides is 2. The van der Waals surface area contributed by atoms with Crippen LogP contribution in [0.4, 0.5) is 0 Å². The predicted octanol–water partition coefficient (Wildman–Crippen LogP) is 3.91. The Labute approximate surface area is 211 Å². The Kier molecular flexibility index (Phi) is 5.36. The summed E-state index contributed by atoms with van der Waals surface area (Å²) in [5, 5.41) is 12.2. The molecular formula is C27H24N6O4. The Balaban J connectivity index is 1.48. The van der Waals surface area contributed by atoms with Gasteiger partial charge in [-0.05, 0) is 51.1 Å². The van der Waals surface area contributed by atoms with Gasteiger partial charge in [0.15, 0.2) is 5.76 Å². The lowest BCUT2D eigenvalue weighted by Gasteiger charge is -2.35. The first-order chi connectivity index (χ1) is 17.9. The maximum atomic E-state index is 14.2. The van der Waals surface area contributed by atoms with E-state index < -0.39 is 6.04 Å². The zero-order valence-corrected chi connectivity index (χ0v) is 20.6. The third-order valence-electron chi connectivity index (χ3n) is 6.72. The number of aromatic nitrogens is 4. The first-order valence-corrected chi connectivity index (χ1v) is 11.9. The average molecular weight is 497 g/mol. The number of hydrogen-bond acceptors (Lipinski definition) is 7. The molecule has 6 rings (SSSR count). The number of nitrogens with one attached hydrogen (secondary N) is 1. The number of para-hydroxylation sites is 1. The van der Waals surface area contributed by atoms with Crippen LogP contribution in [-0.2, 0) is 4.79 Å². The molecule has 0 bridgehead atoms. The van der Waals surface area contributed by atoms with Crippen LogP contribution in [0, 0.1) is 20.8 Å². The lowest BCUT2D eigenvalue weighted by atomic mass is 9.98. The first kappa shape index (κ1) is 22.7. The van der Waals surface area contributed by atoms with Gasteiger partial charge in [-0.1, -0.05) is 23.4 Å². The molecule has 4 aromatic heterocycles. The Bertz CT molecular complexity index is 1630. The molecule has 186 valence electrons. The molecule has 1 atom stereocenters.